The molecular formula is C132H110N4S. The van der Waals surface area contributed by atoms with E-state index in [9.17, 15) is 0 Å². The lowest BCUT2D eigenvalue weighted by Crippen LogP contribution is -2.55. The number of fused-ring (bicyclic) bond motifs is 15. The fourth-order valence-corrected chi connectivity index (χ4v) is 33.2. The highest BCUT2D eigenvalue weighted by molar-refractivity contribution is 7.25. The van der Waals surface area contributed by atoms with Crippen LogP contribution in [-0.4, -0.2) is 4.57 Å². The van der Waals surface area contributed by atoms with Gasteiger partial charge >= 0.3 is 0 Å². The highest BCUT2D eigenvalue weighted by Crippen LogP contribution is 2.74. The lowest BCUT2D eigenvalue weighted by Gasteiger charge is -2.61. The number of para-hydroxylation sites is 5. The molecular weight excluding hydrogens is 1670 g/mol. The summed E-state index contributed by atoms with van der Waals surface area (Å²) in [5.41, 5.74) is 38.5. The van der Waals surface area contributed by atoms with Crippen molar-refractivity contribution < 1.29 is 0 Å². The van der Waals surface area contributed by atoms with E-state index in [-0.39, 0.29) is 16.2 Å². The molecule has 0 aliphatic heterocycles. The molecule has 0 saturated heterocycles. The molecule has 3 spiro atoms. The molecule has 12 saturated carbocycles. The van der Waals surface area contributed by atoms with Gasteiger partial charge in [-0.3, -0.25) is 0 Å². The first-order valence-electron chi connectivity index (χ1n) is 51.4. The molecule has 2 aromatic heterocycles. The van der Waals surface area contributed by atoms with Gasteiger partial charge in [-0.1, -0.05) is 285 Å². The summed E-state index contributed by atoms with van der Waals surface area (Å²) >= 11 is 1.90. The van der Waals surface area contributed by atoms with E-state index in [4.69, 9.17) is 0 Å². The second-order valence-corrected chi connectivity index (χ2v) is 44.1. The number of benzene rings is 17. The Labute approximate surface area is 808 Å². The van der Waals surface area contributed by atoms with Crippen molar-refractivity contribution in [2.75, 3.05) is 14.7 Å². The SMILES string of the molecule is c1ccc(-c2ccc(N(c3ccc4c(c3)C3(c5ccccc5-4)C4CC5CC(C4)CC3C5)c3ccc4c(c3)sc3ccccc34)cc2)cc1.c1ccc(-c2ccccc2N(c2ccc3c(c2)C2(c4ccccc4-3)C3CC4CC(C3)CC2C4)c2ccc3c4ccccc4n(-c4ccccc4)c3c2)cc1.c1ccc(N(c2ccccc2)c2ccc3c(c2)C2(c4ccccc4-3)C3CC4CC(C3)CC2C4)cc1. The lowest BCUT2D eigenvalue weighted by molar-refractivity contribution is -0.0399. The fourth-order valence-electron chi connectivity index (χ4n) is 32.1. The molecule has 12 fully saturated rings. The van der Waals surface area contributed by atoms with Crippen LogP contribution in [0.2, 0.25) is 0 Å². The lowest BCUT2D eigenvalue weighted by atomic mass is 9.43. The Balaban J connectivity index is 0.000000102. The van der Waals surface area contributed by atoms with Gasteiger partial charge in [-0.25, -0.2) is 0 Å². The highest BCUT2D eigenvalue weighted by atomic mass is 32.1. The van der Waals surface area contributed by atoms with Gasteiger partial charge in [-0.2, -0.15) is 0 Å². The molecule has 5 heteroatoms. The number of thiophene rings is 1. The maximum atomic E-state index is 2.64. The molecule has 664 valence electrons. The van der Waals surface area contributed by atoms with Crippen LogP contribution in [0.3, 0.4) is 0 Å². The van der Waals surface area contributed by atoms with Gasteiger partial charge in [0.25, 0.3) is 0 Å². The van der Waals surface area contributed by atoms with Crippen molar-refractivity contribution in [2.24, 2.45) is 71.0 Å². The van der Waals surface area contributed by atoms with Crippen molar-refractivity contribution in [3.8, 4) is 61.3 Å². The standard InChI is InChI=1S/C52H42N2.C46H37NS.C34H31N/c1-3-13-36(14-4-1)42-17-8-11-21-49(42)53(41-24-26-46-45-19-9-12-22-50(45)54(51(46)33-41)39-15-5-2-6-16-39)40-23-25-44-43-18-7-10-20-47(43)52(48(44)32-40)37-28-34-27-35(30-37)31-38(52)29-34;1-2-8-31(9-3-1)32-14-16-35(17-15-32)47(37-19-21-41-40-11-5-7-13-44(40)48-45(41)28-37)36-18-20-39-38-10-4-6-12-42(38)46(43(39)27-36)33-23-29-22-30(25-33)26-34(46)24-29;1-3-9-27(10-4-1)35(28-11-5-2-6-12-28)29-15-16-31-30-13-7-8-14-32(30)34(33(31)22-29)25-18-23-17-24(20-25)21-26(34)19-23/h1-26,32-35,37-38H,27-31H2;1-21,27-30,33-34H,22-26H2;1-16,22-26H,17-21H2. The number of hydrogen-bond acceptors (Lipinski definition) is 4. The average molecular weight is 1780 g/mol. The summed E-state index contributed by atoms with van der Waals surface area (Å²) < 4.78 is 5.13. The summed E-state index contributed by atoms with van der Waals surface area (Å²) in [5.74, 6) is 10.1. The third kappa shape index (κ3) is 12.3. The minimum atomic E-state index is 0.101. The molecule has 19 aromatic rings. The van der Waals surface area contributed by atoms with Crippen LogP contribution in [0.15, 0.2) is 413 Å². The highest BCUT2D eigenvalue weighted by Gasteiger charge is 2.65. The van der Waals surface area contributed by atoms with Gasteiger partial charge in [0.2, 0.25) is 0 Å². The molecule has 12 bridgehead atoms. The zero-order valence-corrected chi connectivity index (χ0v) is 78.3. The van der Waals surface area contributed by atoms with Gasteiger partial charge in [0.15, 0.2) is 0 Å². The molecule has 0 radical (unpaired) electrons. The van der Waals surface area contributed by atoms with E-state index in [0.29, 0.717) is 0 Å². The summed E-state index contributed by atoms with van der Waals surface area (Å²) in [6, 6.07) is 155. The molecule has 34 rings (SSSR count). The van der Waals surface area contributed by atoms with Crippen LogP contribution < -0.4 is 14.7 Å². The van der Waals surface area contributed by atoms with Crippen LogP contribution in [0.4, 0.5) is 51.2 Å². The van der Waals surface area contributed by atoms with Gasteiger partial charge < -0.3 is 19.3 Å². The van der Waals surface area contributed by atoms with E-state index in [1.165, 1.54) is 251 Å². The number of rotatable bonds is 12. The first-order chi connectivity index (χ1) is 67.8. The van der Waals surface area contributed by atoms with Crippen molar-refractivity contribution in [3.63, 3.8) is 0 Å². The van der Waals surface area contributed by atoms with Crippen molar-refractivity contribution in [2.45, 2.75) is 113 Å². The van der Waals surface area contributed by atoms with Gasteiger partial charge in [0, 0.05) is 104 Å². The van der Waals surface area contributed by atoms with E-state index in [1.807, 2.05) is 11.3 Å². The number of aromatic nitrogens is 1. The van der Waals surface area contributed by atoms with Crippen LogP contribution >= 0.6 is 11.3 Å². The summed E-state index contributed by atoms with van der Waals surface area (Å²) in [5, 5.41) is 5.24. The van der Waals surface area contributed by atoms with Crippen molar-refractivity contribution >= 4 is 105 Å². The average Bonchev–Trinajstić information content (AvgIpc) is 1.53. The summed E-state index contributed by atoms with van der Waals surface area (Å²) in [6.07, 6.45) is 21.3. The number of hydrogen-bond donors (Lipinski definition) is 0. The van der Waals surface area contributed by atoms with Gasteiger partial charge in [-0.15, -0.1) is 11.3 Å². The van der Waals surface area contributed by atoms with Crippen LogP contribution in [0.5, 0.6) is 0 Å². The number of nitrogens with zero attached hydrogens (tertiary/aromatic N) is 4. The second-order valence-electron chi connectivity index (χ2n) is 43.0. The predicted molar refractivity (Wildman–Crippen MR) is 571 cm³/mol. The van der Waals surface area contributed by atoms with E-state index in [2.05, 4.69) is 432 Å². The molecule has 0 amide bonds. The van der Waals surface area contributed by atoms with E-state index in [0.717, 1.165) is 71.0 Å². The first-order valence-corrected chi connectivity index (χ1v) is 52.2. The predicted octanol–water partition coefficient (Wildman–Crippen LogP) is 35.4. The third-order valence-electron chi connectivity index (χ3n) is 36.4. The normalized spacial score (nSPS) is 25.3. The molecule has 2 heterocycles. The molecule has 0 unspecified atom stereocenters. The zero-order chi connectivity index (χ0) is 89.8. The Morgan fingerprint density at radius 2 is 0.511 bits per heavy atom. The Hall–Kier alpha value is -13.8. The molecule has 15 aliphatic rings. The van der Waals surface area contributed by atoms with Crippen LogP contribution in [0.1, 0.15) is 130 Å². The minimum absolute atomic E-state index is 0.101. The largest absolute Gasteiger partial charge is 0.310 e. The summed E-state index contributed by atoms with van der Waals surface area (Å²) in [7, 11) is 0. The molecule has 15 aliphatic carbocycles. The number of anilines is 9. The molecule has 0 atom stereocenters. The fraction of sp³-hybridized carbons (Fsp3) is 0.227. The summed E-state index contributed by atoms with van der Waals surface area (Å²) in [6.45, 7) is 0. The van der Waals surface area contributed by atoms with Gasteiger partial charge in [0.1, 0.15) is 0 Å². The quantitative estimate of drug-likeness (QED) is 0.121. The second kappa shape index (κ2) is 31.6. The molecule has 137 heavy (non-hydrogen) atoms. The first kappa shape index (κ1) is 80.4. The van der Waals surface area contributed by atoms with Gasteiger partial charge in [0.05, 0.1) is 16.7 Å². The Kier molecular flexibility index (Phi) is 18.6. The maximum absolute atomic E-state index is 2.64. The van der Waals surface area contributed by atoms with Crippen LogP contribution in [0, 0.1) is 71.0 Å². The topological polar surface area (TPSA) is 14.7 Å². The Morgan fingerprint density at radius 1 is 0.197 bits per heavy atom. The summed E-state index contributed by atoms with van der Waals surface area (Å²) in [4.78, 5) is 7.51. The minimum Gasteiger partial charge on any atom is -0.310 e. The molecule has 4 nitrogen and oxygen atoms in total. The van der Waals surface area contributed by atoms with Crippen LogP contribution in [-0.2, 0) is 16.2 Å². The van der Waals surface area contributed by atoms with E-state index < -0.39 is 0 Å². The van der Waals surface area contributed by atoms with Crippen LogP contribution in [0.25, 0.3) is 103 Å². The third-order valence-corrected chi connectivity index (χ3v) is 37.6. The van der Waals surface area contributed by atoms with E-state index >= 15 is 0 Å². The molecule has 17 aromatic carbocycles. The monoisotopic (exact) mass is 1780 g/mol. The zero-order valence-electron chi connectivity index (χ0n) is 77.5. The van der Waals surface area contributed by atoms with Gasteiger partial charge in [-0.05, 0) is 378 Å². The smallest absolute Gasteiger partial charge is 0.0561 e. The Bertz CT molecular complexity index is 7840. The van der Waals surface area contributed by atoms with Crippen molar-refractivity contribution in [1.29, 1.82) is 0 Å². The van der Waals surface area contributed by atoms with E-state index in [1.54, 1.807) is 33.4 Å². The Morgan fingerprint density at radius 3 is 0.993 bits per heavy atom. The maximum Gasteiger partial charge on any atom is 0.0561 e. The molecule has 0 N–H and O–H groups in total. The van der Waals surface area contributed by atoms with Crippen molar-refractivity contribution in [3.05, 3.63) is 446 Å². The van der Waals surface area contributed by atoms with Crippen molar-refractivity contribution in [1.82, 2.24) is 4.57 Å².